The van der Waals surface area contributed by atoms with Crippen LogP contribution in [0.25, 0.3) is 0 Å². The normalized spacial score (nSPS) is 15.3. The van der Waals surface area contributed by atoms with E-state index in [1.807, 2.05) is 0 Å². The molecule has 0 spiro atoms. The predicted octanol–water partition coefficient (Wildman–Crippen LogP) is -2.28. The first-order valence-electron chi connectivity index (χ1n) is 10.7. The Morgan fingerprint density at radius 2 is 1.71 bits per heavy atom. The second-order valence-electron chi connectivity index (χ2n) is 7.83. The van der Waals surface area contributed by atoms with E-state index in [4.69, 9.17) is 21.1 Å². The van der Waals surface area contributed by atoms with Gasteiger partial charge in [0.25, 0.3) is 0 Å². The fraction of sp³-hybridized carbons (Fsp3) is 0.600. The molecule has 0 radical (unpaired) electrons. The molecular weight excluding hydrogens is 452 g/mol. The van der Waals surface area contributed by atoms with Crippen molar-refractivity contribution in [1.82, 2.24) is 25.9 Å². The number of hydrogen-bond acceptors (Lipinski definition) is 8. The van der Waals surface area contributed by atoms with E-state index in [-0.39, 0.29) is 12.8 Å². The molecule has 0 aromatic carbocycles. The monoisotopic (exact) mass is 484 g/mol. The molecule has 14 nitrogen and oxygen atoms in total. The number of aromatic amines is 1. The Balaban J connectivity index is 2.97. The van der Waals surface area contributed by atoms with Gasteiger partial charge < -0.3 is 42.0 Å². The van der Waals surface area contributed by atoms with Crippen LogP contribution in [0.2, 0.25) is 0 Å². The molecule has 0 aliphatic carbocycles. The highest BCUT2D eigenvalue weighted by Gasteiger charge is 2.32. The molecule has 5 unspecified atom stereocenters. The van der Waals surface area contributed by atoms with Gasteiger partial charge in [-0.15, -0.1) is 0 Å². The molecule has 1 aromatic rings. The van der Waals surface area contributed by atoms with Gasteiger partial charge in [-0.3, -0.25) is 19.2 Å². The highest BCUT2D eigenvalue weighted by atomic mass is 16.4. The van der Waals surface area contributed by atoms with Crippen molar-refractivity contribution in [2.45, 2.75) is 63.7 Å². The Morgan fingerprint density at radius 1 is 1.06 bits per heavy atom. The summed E-state index contributed by atoms with van der Waals surface area (Å²) in [6, 6.07) is -5.15. The third-order valence-corrected chi connectivity index (χ3v) is 5.20. The van der Waals surface area contributed by atoms with Crippen LogP contribution in [0.15, 0.2) is 12.5 Å². The van der Waals surface area contributed by atoms with E-state index < -0.39 is 72.8 Å². The van der Waals surface area contributed by atoms with Gasteiger partial charge in [-0.2, -0.15) is 0 Å². The summed E-state index contributed by atoms with van der Waals surface area (Å²) in [6.07, 6.45) is 2.70. The van der Waals surface area contributed by atoms with E-state index >= 15 is 0 Å². The summed E-state index contributed by atoms with van der Waals surface area (Å²) < 4.78 is 0. The van der Waals surface area contributed by atoms with Crippen molar-refractivity contribution in [2.75, 3.05) is 6.61 Å². The van der Waals surface area contributed by atoms with Gasteiger partial charge in [-0.25, -0.2) is 9.78 Å². The summed E-state index contributed by atoms with van der Waals surface area (Å²) in [5.74, 6) is -5.49. The molecule has 5 atom stereocenters. The van der Waals surface area contributed by atoms with Gasteiger partial charge >= 0.3 is 11.9 Å². The van der Waals surface area contributed by atoms with Gasteiger partial charge in [0.2, 0.25) is 17.7 Å². The Morgan fingerprint density at radius 3 is 2.21 bits per heavy atom. The number of H-pyrrole nitrogens is 1. The topological polar surface area (TPSA) is 237 Å². The summed E-state index contributed by atoms with van der Waals surface area (Å²) in [7, 11) is 0. The smallest absolute Gasteiger partial charge is 0.328 e. The lowest BCUT2D eigenvalue weighted by Gasteiger charge is -2.27. The number of carbonyl (C=O) groups is 5. The minimum absolute atomic E-state index is 0.0920. The number of aliphatic hydroxyl groups is 1. The molecule has 0 saturated heterocycles. The van der Waals surface area contributed by atoms with Crippen LogP contribution in [0.5, 0.6) is 0 Å². The number of aliphatic carboxylic acids is 2. The third-order valence-electron chi connectivity index (χ3n) is 5.20. The minimum Gasteiger partial charge on any atom is -0.481 e. The largest absolute Gasteiger partial charge is 0.481 e. The molecule has 0 aliphatic heterocycles. The number of hydrogen-bond donors (Lipinski definition) is 8. The number of carboxylic acid groups (broad SMARTS) is 2. The molecule has 190 valence electrons. The highest BCUT2D eigenvalue weighted by molar-refractivity contribution is 5.94. The first kappa shape index (κ1) is 28.5. The first-order valence-corrected chi connectivity index (χ1v) is 10.7. The molecule has 9 N–H and O–H groups in total. The number of imidazole rings is 1. The van der Waals surface area contributed by atoms with Crippen LogP contribution in [0.4, 0.5) is 0 Å². The van der Waals surface area contributed by atoms with E-state index in [1.165, 1.54) is 12.5 Å². The number of aliphatic hydroxyl groups excluding tert-OH is 1. The first-order chi connectivity index (χ1) is 16.0. The van der Waals surface area contributed by atoms with Crippen molar-refractivity contribution in [3.05, 3.63) is 18.2 Å². The molecule has 14 heteroatoms. The molecule has 1 aromatic heterocycles. The Bertz CT molecular complexity index is 846. The second-order valence-corrected chi connectivity index (χ2v) is 7.83. The third kappa shape index (κ3) is 9.15. The van der Waals surface area contributed by atoms with Gasteiger partial charge in [0.15, 0.2) is 0 Å². The molecule has 1 heterocycles. The Kier molecular flexibility index (Phi) is 11.7. The van der Waals surface area contributed by atoms with Crippen LogP contribution in [0.1, 0.15) is 38.8 Å². The fourth-order valence-corrected chi connectivity index (χ4v) is 2.94. The maximum Gasteiger partial charge on any atom is 0.328 e. The SMILES string of the molecule is CCC(C)C(NC(=O)C(CCC(=O)O)NC(=O)C(N)Cc1cnc[nH]1)C(=O)NC(CO)C(=O)O. The second kappa shape index (κ2) is 13.9. The quantitative estimate of drug-likeness (QED) is 0.133. The number of amides is 3. The standard InChI is InChI=1S/C20H32N6O8/c1-3-10(2)16(19(32)25-14(8-27)20(33)34)26-18(31)13(4-5-15(28)29)24-17(30)12(21)6-11-7-22-9-23-11/h7,9-10,12-14,16,27H,3-6,8,21H2,1-2H3,(H,22,23)(H,24,30)(H,25,32)(H,26,31)(H,28,29)(H,33,34). The van der Waals surface area contributed by atoms with Crippen molar-refractivity contribution >= 4 is 29.7 Å². The maximum absolute atomic E-state index is 12.9. The summed E-state index contributed by atoms with van der Waals surface area (Å²) in [5.41, 5.74) is 6.46. The molecular formula is C20H32N6O8. The average molecular weight is 485 g/mol. The molecule has 0 fully saturated rings. The zero-order valence-corrected chi connectivity index (χ0v) is 19.0. The van der Waals surface area contributed by atoms with Gasteiger partial charge in [0.1, 0.15) is 18.1 Å². The van der Waals surface area contributed by atoms with Crippen LogP contribution in [0.3, 0.4) is 0 Å². The number of aromatic nitrogens is 2. The zero-order chi connectivity index (χ0) is 25.8. The Hall–Kier alpha value is -3.52. The number of carboxylic acids is 2. The molecule has 0 bridgehead atoms. The zero-order valence-electron chi connectivity index (χ0n) is 19.0. The lowest BCUT2D eigenvalue weighted by Crippen LogP contribution is -2.59. The lowest BCUT2D eigenvalue weighted by atomic mass is 9.97. The average Bonchev–Trinajstić information content (AvgIpc) is 3.29. The van der Waals surface area contributed by atoms with Crippen molar-refractivity contribution in [3.63, 3.8) is 0 Å². The van der Waals surface area contributed by atoms with Gasteiger partial charge in [0.05, 0.1) is 19.0 Å². The van der Waals surface area contributed by atoms with E-state index in [9.17, 15) is 24.0 Å². The van der Waals surface area contributed by atoms with Crippen molar-refractivity contribution < 1.29 is 39.3 Å². The molecule has 0 saturated carbocycles. The summed E-state index contributed by atoms with van der Waals surface area (Å²) >= 11 is 0. The molecule has 0 aliphatic rings. The van der Waals surface area contributed by atoms with Crippen molar-refractivity contribution in [3.8, 4) is 0 Å². The van der Waals surface area contributed by atoms with E-state index in [0.717, 1.165) is 0 Å². The van der Waals surface area contributed by atoms with Crippen LogP contribution in [-0.4, -0.2) is 85.7 Å². The van der Waals surface area contributed by atoms with Crippen molar-refractivity contribution in [2.24, 2.45) is 11.7 Å². The molecule has 34 heavy (non-hydrogen) atoms. The lowest BCUT2D eigenvalue weighted by molar-refractivity contribution is -0.143. The van der Waals surface area contributed by atoms with Gasteiger partial charge in [0, 0.05) is 24.7 Å². The van der Waals surface area contributed by atoms with E-state index in [0.29, 0.717) is 12.1 Å². The molecule has 1 rings (SSSR count). The van der Waals surface area contributed by atoms with Crippen LogP contribution >= 0.6 is 0 Å². The highest BCUT2D eigenvalue weighted by Crippen LogP contribution is 2.10. The number of nitrogens with one attached hydrogen (secondary N) is 4. The number of nitrogens with two attached hydrogens (primary N) is 1. The molecule has 3 amide bonds. The number of nitrogens with zero attached hydrogens (tertiary/aromatic N) is 1. The van der Waals surface area contributed by atoms with Gasteiger partial charge in [-0.05, 0) is 12.3 Å². The fourth-order valence-electron chi connectivity index (χ4n) is 2.94. The van der Waals surface area contributed by atoms with Crippen LogP contribution < -0.4 is 21.7 Å². The van der Waals surface area contributed by atoms with Gasteiger partial charge in [-0.1, -0.05) is 20.3 Å². The number of carbonyl (C=O) groups excluding carboxylic acids is 3. The number of rotatable bonds is 15. The van der Waals surface area contributed by atoms with E-state index in [2.05, 4.69) is 25.9 Å². The van der Waals surface area contributed by atoms with Crippen LogP contribution in [-0.2, 0) is 30.4 Å². The summed E-state index contributed by atoms with van der Waals surface area (Å²) in [4.78, 5) is 66.9. The predicted molar refractivity (Wildman–Crippen MR) is 117 cm³/mol. The summed E-state index contributed by atoms with van der Waals surface area (Å²) in [5, 5.41) is 34.2. The maximum atomic E-state index is 12.9. The van der Waals surface area contributed by atoms with Crippen molar-refractivity contribution in [1.29, 1.82) is 0 Å². The Labute approximate surface area is 195 Å². The van der Waals surface area contributed by atoms with Crippen LogP contribution in [0, 0.1) is 5.92 Å². The summed E-state index contributed by atoms with van der Waals surface area (Å²) in [6.45, 7) is 2.54. The minimum atomic E-state index is -1.57. The van der Waals surface area contributed by atoms with E-state index in [1.54, 1.807) is 13.8 Å².